The second-order valence-electron chi connectivity index (χ2n) is 9.31. The smallest absolute Gasteiger partial charge is 0.305 e. The average molecular weight is 580 g/mol. The topological polar surface area (TPSA) is 82.5 Å². The Labute approximate surface area is 247 Å². The van der Waals surface area contributed by atoms with Gasteiger partial charge in [0.15, 0.2) is 5.13 Å². The maximum Gasteiger partial charge on any atom is 0.305 e. The highest BCUT2D eigenvalue weighted by Gasteiger charge is 2.20. The number of halogens is 1. The Morgan fingerprint density at radius 1 is 0.902 bits per heavy atom. The number of hydrogen-bond donors (Lipinski definition) is 2. The molecule has 0 atom stereocenters. The molecule has 0 aliphatic heterocycles. The van der Waals surface area contributed by atoms with Crippen molar-refractivity contribution < 1.29 is 14.7 Å². The Morgan fingerprint density at radius 2 is 1.66 bits per heavy atom. The molecule has 0 unspecified atom stereocenters. The maximum absolute atomic E-state index is 12.4. The molecule has 0 saturated carbocycles. The molecule has 1 heterocycles. The molecule has 8 heteroatoms. The van der Waals surface area contributed by atoms with Gasteiger partial charge in [-0.2, -0.15) is 0 Å². The highest BCUT2D eigenvalue weighted by Crippen LogP contribution is 2.41. The van der Waals surface area contributed by atoms with E-state index in [9.17, 15) is 9.59 Å². The highest BCUT2D eigenvalue weighted by molar-refractivity contribution is 7.19. The number of carbonyl (C=O) groups excluding carboxylic acids is 1. The minimum absolute atomic E-state index is 0.0782. The molecular weight excluding hydrogens is 554 g/mol. The zero-order chi connectivity index (χ0) is 28.6. The summed E-state index contributed by atoms with van der Waals surface area (Å²) in [5.41, 5.74) is 5.34. The third-order valence-electron chi connectivity index (χ3n) is 6.39. The van der Waals surface area contributed by atoms with Gasteiger partial charge in [0.2, 0.25) is 0 Å². The van der Waals surface area contributed by atoms with E-state index in [-0.39, 0.29) is 18.9 Å². The Kier molecular flexibility index (Phi) is 8.95. The number of carboxylic acids is 1. The van der Waals surface area contributed by atoms with Gasteiger partial charge in [0, 0.05) is 35.8 Å². The van der Waals surface area contributed by atoms with E-state index in [1.54, 1.807) is 23.5 Å². The quantitative estimate of drug-likeness (QED) is 0.174. The van der Waals surface area contributed by atoms with E-state index < -0.39 is 5.97 Å². The van der Waals surface area contributed by atoms with Gasteiger partial charge in [-0.15, -0.1) is 0 Å². The SMILES string of the molecule is O=C(O)CCNC(=O)c1ccc(CN(Cc2ccccc2Cl)c2nc(-c3cc#ccc3)c(-c3ccccc3)s2)cc1. The van der Waals surface area contributed by atoms with Crippen LogP contribution in [0.4, 0.5) is 5.13 Å². The Morgan fingerprint density at radius 3 is 2.37 bits per heavy atom. The van der Waals surface area contributed by atoms with Crippen LogP contribution in [0, 0.1) is 12.1 Å². The fourth-order valence-corrected chi connectivity index (χ4v) is 5.60. The van der Waals surface area contributed by atoms with Gasteiger partial charge in [-0.05, 0) is 53.1 Å². The van der Waals surface area contributed by atoms with Gasteiger partial charge in [-0.3, -0.25) is 9.59 Å². The van der Waals surface area contributed by atoms with Crippen LogP contribution in [0.2, 0.25) is 5.02 Å². The molecule has 0 aliphatic carbocycles. The molecule has 0 radical (unpaired) electrons. The lowest BCUT2D eigenvalue weighted by atomic mass is 10.1. The molecule has 5 rings (SSSR count). The molecule has 6 nitrogen and oxygen atoms in total. The summed E-state index contributed by atoms with van der Waals surface area (Å²) in [5.74, 6) is -1.26. The lowest BCUT2D eigenvalue weighted by molar-refractivity contribution is -0.136. The summed E-state index contributed by atoms with van der Waals surface area (Å²) in [6.45, 7) is 1.14. The second kappa shape index (κ2) is 13.1. The number of anilines is 1. The normalized spacial score (nSPS) is 10.6. The lowest BCUT2D eigenvalue weighted by Gasteiger charge is -2.23. The molecule has 0 saturated heterocycles. The number of hydrogen-bond acceptors (Lipinski definition) is 5. The first-order chi connectivity index (χ1) is 20.0. The van der Waals surface area contributed by atoms with Crippen LogP contribution in [0.25, 0.3) is 21.7 Å². The molecule has 204 valence electrons. The van der Waals surface area contributed by atoms with Gasteiger partial charge in [-0.1, -0.05) is 95.7 Å². The Balaban J connectivity index is 1.48. The summed E-state index contributed by atoms with van der Waals surface area (Å²) in [6, 6.07) is 37.0. The van der Waals surface area contributed by atoms with Gasteiger partial charge < -0.3 is 15.3 Å². The van der Waals surface area contributed by atoms with Crippen molar-refractivity contribution in [2.45, 2.75) is 19.5 Å². The zero-order valence-electron chi connectivity index (χ0n) is 22.0. The minimum atomic E-state index is -0.955. The number of rotatable bonds is 11. The molecular formula is C33H26ClN3O3S. The first-order valence-electron chi connectivity index (χ1n) is 13.0. The van der Waals surface area contributed by atoms with E-state index in [2.05, 4.69) is 34.5 Å². The van der Waals surface area contributed by atoms with Crippen molar-refractivity contribution in [3.63, 3.8) is 0 Å². The molecule has 0 aliphatic rings. The van der Waals surface area contributed by atoms with Crippen LogP contribution in [-0.4, -0.2) is 28.5 Å². The minimum Gasteiger partial charge on any atom is -0.481 e. The number of benzene rings is 3. The molecule has 0 bridgehead atoms. The standard InChI is InChI=1S/C33H26ClN3O3S/c34-28-14-8-7-13-27(28)22-37(21-23-15-17-26(18-16-23)32(40)35-20-19-29(38)39)33-36-30(24-9-3-1-4-10-24)31(41-33)25-11-5-2-6-12-25/h2-3,5-18H,19-22H2,(H,35,40)(H,38,39). The van der Waals surface area contributed by atoms with Gasteiger partial charge in [0.25, 0.3) is 5.91 Å². The molecule has 0 spiro atoms. The van der Waals surface area contributed by atoms with Crippen LogP contribution in [0.1, 0.15) is 27.9 Å². The van der Waals surface area contributed by atoms with E-state index in [1.165, 1.54) is 0 Å². The Hall–Kier alpha value is -4.64. The number of nitrogens with zero attached hydrogens (tertiary/aromatic N) is 2. The van der Waals surface area contributed by atoms with E-state index in [0.29, 0.717) is 23.7 Å². The third kappa shape index (κ3) is 7.12. The number of aromatic nitrogens is 1. The van der Waals surface area contributed by atoms with Gasteiger partial charge in [0.1, 0.15) is 0 Å². The van der Waals surface area contributed by atoms with E-state index in [4.69, 9.17) is 21.7 Å². The first kappa shape index (κ1) is 27.9. The van der Waals surface area contributed by atoms with Crippen molar-refractivity contribution in [2.75, 3.05) is 11.4 Å². The van der Waals surface area contributed by atoms with Gasteiger partial charge in [0.05, 0.1) is 17.0 Å². The summed E-state index contributed by atoms with van der Waals surface area (Å²) in [5, 5.41) is 13.0. The van der Waals surface area contributed by atoms with E-state index in [0.717, 1.165) is 38.0 Å². The Bertz CT molecular complexity index is 1570. The van der Waals surface area contributed by atoms with Crippen LogP contribution in [0.15, 0.2) is 97.1 Å². The molecule has 2 N–H and O–H groups in total. The van der Waals surface area contributed by atoms with Crippen molar-refractivity contribution in [3.05, 3.63) is 131 Å². The number of carboxylic acid groups (broad SMARTS) is 1. The van der Waals surface area contributed by atoms with Crippen LogP contribution in [0.3, 0.4) is 0 Å². The van der Waals surface area contributed by atoms with Crippen molar-refractivity contribution in [2.24, 2.45) is 0 Å². The summed E-state index contributed by atoms with van der Waals surface area (Å²) in [6.07, 6.45) is -0.124. The largest absolute Gasteiger partial charge is 0.481 e. The second-order valence-corrected chi connectivity index (χ2v) is 10.7. The molecule has 5 aromatic rings. The number of thiazole rings is 1. The molecule has 4 aromatic carbocycles. The molecule has 1 amide bonds. The van der Waals surface area contributed by atoms with Gasteiger partial charge >= 0.3 is 5.97 Å². The van der Waals surface area contributed by atoms with Crippen LogP contribution in [-0.2, 0) is 17.9 Å². The average Bonchev–Trinajstić information content (AvgIpc) is 3.45. The number of carbonyl (C=O) groups is 2. The predicted octanol–water partition coefficient (Wildman–Crippen LogP) is 7.14. The van der Waals surface area contributed by atoms with Crippen LogP contribution < -0.4 is 10.2 Å². The summed E-state index contributed by atoms with van der Waals surface area (Å²) >= 11 is 8.19. The van der Waals surface area contributed by atoms with Crippen LogP contribution >= 0.6 is 22.9 Å². The number of aliphatic carboxylic acids is 1. The highest BCUT2D eigenvalue weighted by atomic mass is 35.5. The van der Waals surface area contributed by atoms with Crippen molar-refractivity contribution >= 4 is 39.9 Å². The van der Waals surface area contributed by atoms with E-state index in [1.807, 2.05) is 72.8 Å². The third-order valence-corrected chi connectivity index (χ3v) is 7.92. The number of amides is 1. The molecule has 0 fully saturated rings. The van der Waals surface area contributed by atoms with Crippen molar-refractivity contribution in [1.29, 1.82) is 0 Å². The van der Waals surface area contributed by atoms with E-state index >= 15 is 0 Å². The predicted molar refractivity (Wildman–Crippen MR) is 163 cm³/mol. The van der Waals surface area contributed by atoms with Crippen LogP contribution in [0.5, 0.6) is 0 Å². The van der Waals surface area contributed by atoms with Crippen molar-refractivity contribution in [3.8, 4) is 21.7 Å². The summed E-state index contributed by atoms with van der Waals surface area (Å²) in [4.78, 5) is 31.5. The maximum atomic E-state index is 12.4. The summed E-state index contributed by atoms with van der Waals surface area (Å²) in [7, 11) is 0. The van der Waals surface area contributed by atoms with Crippen molar-refractivity contribution in [1.82, 2.24) is 10.3 Å². The first-order valence-corrected chi connectivity index (χ1v) is 14.2. The lowest BCUT2D eigenvalue weighted by Crippen LogP contribution is -2.26. The molecule has 41 heavy (non-hydrogen) atoms. The monoisotopic (exact) mass is 579 g/mol. The summed E-state index contributed by atoms with van der Waals surface area (Å²) < 4.78 is 0. The zero-order valence-corrected chi connectivity index (χ0v) is 23.6. The fourth-order valence-electron chi connectivity index (χ4n) is 4.31. The number of nitrogens with one attached hydrogen (secondary N) is 1. The molecule has 1 aromatic heterocycles. The fraction of sp³-hybridized carbons (Fsp3) is 0.121. The van der Waals surface area contributed by atoms with Gasteiger partial charge in [-0.25, -0.2) is 4.98 Å².